The topological polar surface area (TPSA) is 124 Å². The maximum atomic E-state index is 12.3. The van der Waals surface area contributed by atoms with E-state index in [-0.39, 0.29) is 29.4 Å². The summed E-state index contributed by atoms with van der Waals surface area (Å²) in [6.45, 7) is 9.00. The zero-order chi connectivity index (χ0) is 24.4. The minimum Gasteiger partial charge on any atom is -0.490 e. The van der Waals surface area contributed by atoms with E-state index in [0.29, 0.717) is 16.7 Å². The molecule has 1 aromatic rings. The molecule has 10 nitrogen and oxygen atoms in total. The molecule has 1 aromatic carbocycles. The van der Waals surface area contributed by atoms with Crippen LogP contribution in [0.3, 0.4) is 0 Å². The molecule has 0 aliphatic carbocycles. The van der Waals surface area contributed by atoms with E-state index >= 15 is 0 Å². The molecule has 0 saturated carbocycles. The predicted octanol–water partition coefficient (Wildman–Crippen LogP) is 2.15. The fourth-order valence-electron chi connectivity index (χ4n) is 2.61. The molecule has 0 aliphatic rings. The quantitative estimate of drug-likeness (QED) is 0.297. The van der Waals surface area contributed by atoms with Crippen LogP contribution in [-0.2, 0) is 35.1 Å². The summed E-state index contributed by atoms with van der Waals surface area (Å²) in [5.74, 6) is -3.56. The van der Waals surface area contributed by atoms with E-state index in [9.17, 15) is 19.2 Å². The molecular formula is C22H26O10. The third-order valence-electron chi connectivity index (χ3n) is 4.19. The minimum atomic E-state index is -0.901. The van der Waals surface area contributed by atoms with Gasteiger partial charge in [0, 0.05) is 11.1 Å². The molecule has 0 bridgehead atoms. The Labute approximate surface area is 186 Å². The number of carbonyl (C=O) groups excluding carboxylic acids is 4. The van der Waals surface area contributed by atoms with Crippen molar-refractivity contribution in [3.63, 3.8) is 0 Å². The molecule has 10 heteroatoms. The summed E-state index contributed by atoms with van der Waals surface area (Å²) in [6, 6.07) is 0. The molecule has 0 aromatic heterocycles. The molecule has 0 N–H and O–H groups in total. The van der Waals surface area contributed by atoms with Gasteiger partial charge in [0.1, 0.15) is 12.8 Å². The van der Waals surface area contributed by atoms with Gasteiger partial charge in [0.15, 0.2) is 11.5 Å². The number of rotatable bonds is 10. The van der Waals surface area contributed by atoms with Gasteiger partial charge in [-0.25, -0.2) is 0 Å². The van der Waals surface area contributed by atoms with Crippen molar-refractivity contribution in [2.45, 2.75) is 33.1 Å². The normalized spacial score (nSPS) is 10.8. The number of methoxy groups -OCH3 is 4. The van der Waals surface area contributed by atoms with E-state index in [1.54, 1.807) is 19.9 Å². The van der Waals surface area contributed by atoms with Crippen LogP contribution in [0.2, 0.25) is 0 Å². The second kappa shape index (κ2) is 12.3. The lowest BCUT2D eigenvalue weighted by Crippen LogP contribution is -2.18. The van der Waals surface area contributed by atoms with Crippen LogP contribution in [0, 0.1) is 13.8 Å². The lowest BCUT2D eigenvalue weighted by atomic mass is 10.00. The maximum Gasteiger partial charge on any atom is 0.322 e. The highest BCUT2D eigenvalue weighted by Gasteiger charge is 2.29. The molecule has 0 spiro atoms. The van der Waals surface area contributed by atoms with Gasteiger partial charge in [0.25, 0.3) is 0 Å². The fourth-order valence-corrected chi connectivity index (χ4v) is 2.61. The van der Waals surface area contributed by atoms with Crippen molar-refractivity contribution in [2.24, 2.45) is 0 Å². The monoisotopic (exact) mass is 450 g/mol. The number of benzene rings is 1. The highest BCUT2D eigenvalue weighted by molar-refractivity contribution is 5.94. The van der Waals surface area contributed by atoms with Crippen LogP contribution in [0.15, 0.2) is 11.6 Å². The van der Waals surface area contributed by atoms with Crippen molar-refractivity contribution < 1.29 is 47.6 Å². The van der Waals surface area contributed by atoms with E-state index < -0.39 is 36.7 Å². The number of ether oxygens (including phenoxy) is 6. The summed E-state index contributed by atoms with van der Waals surface area (Å²) in [4.78, 5) is 47.3. The summed E-state index contributed by atoms with van der Waals surface area (Å²) in [7, 11) is 4.86. The Morgan fingerprint density at radius 2 is 1.19 bits per heavy atom. The first-order valence-corrected chi connectivity index (χ1v) is 9.34. The minimum absolute atomic E-state index is 0.0379. The SMILES string of the molecule is [CH]/C(C)=C/Cc1c(C)c(OC(=O)CC(=O)OC)c(OC)c(OC)c1OC(=O)CC(=O)OC. The lowest BCUT2D eigenvalue weighted by Gasteiger charge is -2.22. The van der Waals surface area contributed by atoms with Gasteiger partial charge in [-0.05, 0) is 27.2 Å². The first-order chi connectivity index (χ1) is 15.1. The molecule has 174 valence electrons. The number of hydrogen-bond acceptors (Lipinski definition) is 10. The van der Waals surface area contributed by atoms with Crippen molar-refractivity contribution in [3.8, 4) is 23.0 Å². The Hall–Kier alpha value is -3.56. The first kappa shape index (κ1) is 26.5. The molecule has 1 rings (SSSR count). The number of carbonyl (C=O) groups is 4. The molecule has 0 heterocycles. The molecule has 0 fully saturated rings. The van der Waals surface area contributed by atoms with E-state index in [1.807, 2.05) is 0 Å². The molecule has 0 aliphatic heterocycles. The molecular weight excluding hydrogens is 424 g/mol. The van der Waals surface area contributed by atoms with Crippen molar-refractivity contribution in [1.82, 2.24) is 0 Å². The van der Waals surface area contributed by atoms with Gasteiger partial charge in [0.05, 0.1) is 28.4 Å². The Kier molecular flexibility index (Phi) is 10.2. The van der Waals surface area contributed by atoms with Gasteiger partial charge in [-0.15, -0.1) is 0 Å². The van der Waals surface area contributed by atoms with Gasteiger partial charge < -0.3 is 28.4 Å². The van der Waals surface area contributed by atoms with Crippen LogP contribution in [0.25, 0.3) is 0 Å². The van der Waals surface area contributed by atoms with E-state index in [0.717, 1.165) is 14.2 Å². The van der Waals surface area contributed by atoms with Crippen molar-refractivity contribution in [3.05, 3.63) is 29.7 Å². The van der Waals surface area contributed by atoms with Crippen LogP contribution >= 0.6 is 0 Å². The smallest absolute Gasteiger partial charge is 0.322 e. The summed E-state index contributed by atoms with van der Waals surface area (Å²) in [5, 5.41) is 0. The lowest BCUT2D eigenvalue weighted by molar-refractivity contribution is -0.150. The van der Waals surface area contributed by atoms with E-state index in [2.05, 4.69) is 9.47 Å². The first-order valence-electron chi connectivity index (χ1n) is 9.34. The zero-order valence-corrected chi connectivity index (χ0v) is 18.9. The molecule has 2 radical (unpaired) electrons. The van der Waals surface area contributed by atoms with Gasteiger partial charge in [-0.3, -0.25) is 19.2 Å². The highest BCUT2D eigenvalue weighted by Crippen LogP contribution is 2.50. The van der Waals surface area contributed by atoms with Crippen molar-refractivity contribution in [1.29, 1.82) is 0 Å². The highest BCUT2D eigenvalue weighted by atomic mass is 16.6. The number of hydrogen-bond donors (Lipinski definition) is 0. The maximum absolute atomic E-state index is 12.3. The van der Waals surface area contributed by atoms with Crippen LogP contribution in [-0.4, -0.2) is 52.3 Å². The fraction of sp³-hybridized carbons (Fsp3) is 0.409. The zero-order valence-electron chi connectivity index (χ0n) is 18.9. The Balaban J connectivity index is 3.63. The van der Waals surface area contributed by atoms with Crippen LogP contribution in [0.5, 0.6) is 23.0 Å². The number of allylic oxidation sites excluding steroid dienone is 2. The second-order valence-corrected chi connectivity index (χ2v) is 6.43. The van der Waals surface area contributed by atoms with Crippen LogP contribution in [0.1, 0.15) is 30.9 Å². The second-order valence-electron chi connectivity index (χ2n) is 6.43. The van der Waals surface area contributed by atoms with Gasteiger partial charge in [0.2, 0.25) is 11.5 Å². The Morgan fingerprint density at radius 1 is 0.750 bits per heavy atom. The molecule has 32 heavy (non-hydrogen) atoms. The van der Waals surface area contributed by atoms with Gasteiger partial charge in [-0.2, -0.15) is 0 Å². The van der Waals surface area contributed by atoms with E-state index in [1.165, 1.54) is 14.2 Å². The molecule has 0 saturated heterocycles. The third kappa shape index (κ3) is 7.00. The molecule has 0 amide bonds. The standard InChI is InChI=1S/C22H26O10/c1-12(2)8-9-14-13(3)19(31-17(25)10-15(23)27-4)21(29-6)22(30-7)20(14)32-18(26)11-16(24)28-5/h1,8H,9-11H2,2-7H3/b12-8-. The largest absolute Gasteiger partial charge is 0.490 e. The average molecular weight is 450 g/mol. The third-order valence-corrected chi connectivity index (χ3v) is 4.19. The summed E-state index contributed by atoms with van der Waals surface area (Å²) in [5.41, 5.74) is 1.22. The average Bonchev–Trinajstić information content (AvgIpc) is 2.74. The van der Waals surface area contributed by atoms with Crippen LogP contribution in [0.4, 0.5) is 0 Å². The predicted molar refractivity (Wildman–Crippen MR) is 111 cm³/mol. The van der Waals surface area contributed by atoms with Crippen molar-refractivity contribution in [2.75, 3.05) is 28.4 Å². The van der Waals surface area contributed by atoms with Crippen molar-refractivity contribution >= 4 is 23.9 Å². The Morgan fingerprint density at radius 3 is 1.59 bits per heavy atom. The molecule has 0 unspecified atom stereocenters. The number of esters is 4. The summed E-state index contributed by atoms with van der Waals surface area (Å²) < 4.78 is 30.4. The Bertz CT molecular complexity index is 910. The van der Waals surface area contributed by atoms with E-state index in [4.69, 9.17) is 25.9 Å². The molecule has 0 atom stereocenters. The summed E-state index contributed by atoms with van der Waals surface area (Å²) >= 11 is 0. The van der Waals surface area contributed by atoms with Crippen LogP contribution < -0.4 is 18.9 Å². The summed E-state index contributed by atoms with van der Waals surface area (Å²) in [6.07, 6.45) is 0.541. The van der Waals surface area contributed by atoms with Gasteiger partial charge >= 0.3 is 23.9 Å². The van der Waals surface area contributed by atoms with Gasteiger partial charge in [-0.1, -0.05) is 11.6 Å².